The van der Waals surface area contributed by atoms with E-state index in [9.17, 15) is 10.1 Å². The summed E-state index contributed by atoms with van der Waals surface area (Å²) >= 11 is 0. The Morgan fingerprint density at radius 1 is 0.735 bits per heavy atom. The summed E-state index contributed by atoms with van der Waals surface area (Å²) in [4.78, 5) is 24.4. The highest BCUT2D eigenvalue weighted by molar-refractivity contribution is 5.64. The molecule has 0 aliphatic carbocycles. The molecule has 0 unspecified atom stereocenters. The lowest BCUT2D eigenvalue weighted by atomic mass is 10.1. The number of nitrogens with zero attached hydrogens (tertiary/aromatic N) is 7. The smallest absolute Gasteiger partial charge is 0.270 e. The van der Waals surface area contributed by atoms with Gasteiger partial charge in [0.25, 0.3) is 5.69 Å². The largest absolute Gasteiger partial charge is 0.353 e. The van der Waals surface area contributed by atoms with Crippen LogP contribution in [0.25, 0.3) is 22.5 Å². The first-order valence-electron chi connectivity index (χ1n) is 11.1. The molecule has 1 aliphatic heterocycles. The van der Waals surface area contributed by atoms with E-state index in [1.165, 1.54) is 12.1 Å². The van der Waals surface area contributed by atoms with Crippen molar-refractivity contribution in [2.24, 2.45) is 0 Å². The predicted molar refractivity (Wildman–Crippen MR) is 131 cm³/mol. The van der Waals surface area contributed by atoms with E-state index in [4.69, 9.17) is 0 Å². The van der Waals surface area contributed by atoms with Gasteiger partial charge in [0.05, 0.1) is 16.3 Å². The van der Waals surface area contributed by atoms with Crippen molar-refractivity contribution in [3.05, 3.63) is 88.7 Å². The molecule has 3 heterocycles. The number of nitro groups is 1. The number of nitro benzene ring substituents is 1. The molecule has 0 N–H and O–H groups in total. The lowest BCUT2D eigenvalue weighted by Crippen LogP contribution is -2.47. The zero-order valence-corrected chi connectivity index (χ0v) is 18.7. The maximum atomic E-state index is 11.0. The Kier molecular flexibility index (Phi) is 5.82. The normalized spacial score (nSPS) is 13.7. The van der Waals surface area contributed by atoms with Crippen LogP contribution in [-0.4, -0.2) is 51.3 Å². The van der Waals surface area contributed by atoms with Crippen molar-refractivity contribution >= 4 is 17.3 Å². The highest BCUT2D eigenvalue weighted by Gasteiger charge is 2.21. The van der Waals surface area contributed by atoms with Gasteiger partial charge in [0.1, 0.15) is 11.6 Å². The quantitative estimate of drug-likeness (QED) is 0.328. The number of hydrogen-bond donors (Lipinski definition) is 0. The van der Waals surface area contributed by atoms with Crippen molar-refractivity contribution < 1.29 is 4.92 Å². The number of aryl methyl sites for hydroxylation is 1. The average Bonchev–Trinajstić information content (AvgIpc) is 2.89. The van der Waals surface area contributed by atoms with Gasteiger partial charge in [-0.05, 0) is 19.1 Å². The van der Waals surface area contributed by atoms with Gasteiger partial charge in [-0.15, -0.1) is 10.2 Å². The van der Waals surface area contributed by atoms with E-state index in [-0.39, 0.29) is 5.69 Å². The fourth-order valence-electron chi connectivity index (χ4n) is 4.06. The van der Waals surface area contributed by atoms with E-state index in [2.05, 4.69) is 42.1 Å². The number of non-ortho nitro benzene ring substituents is 1. The van der Waals surface area contributed by atoms with E-state index in [0.717, 1.165) is 54.9 Å². The zero-order valence-electron chi connectivity index (χ0n) is 18.7. The van der Waals surface area contributed by atoms with Gasteiger partial charge in [-0.1, -0.05) is 42.5 Å². The molecule has 4 aromatic rings. The van der Waals surface area contributed by atoms with Crippen LogP contribution in [0.5, 0.6) is 0 Å². The fraction of sp³-hybridized carbons (Fsp3) is 0.200. The zero-order chi connectivity index (χ0) is 23.5. The van der Waals surface area contributed by atoms with Crippen molar-refractivity contribution in [1.29, 1.82) is 0 Å². The number of hydrogen-bond acceptors (Lipinski definition) is 8. The maximum absolute atomic E-state index is 11.0. The second-order valence-corrected chi connectivity index (χ2v) is 8.08. The number of anilines is 2. The average molecular weight is 454 g/mol. The lowest BCUT2D eigenvalue weighted by Gasteiger charge is -2.36. The molecule has 0 spiro atoms. The van der Waals surface area contributed by atoms with Gasteiger partial charge in [0.15, 0.2) is 5.82 Å². The minimum atomic E-state index is -0.410. The maximum Gasteiger partial charge on any atom is 0.270 e. The molecule has 2 aromatic heterocycles. The van der Waals surface area contributed by atoms with E-state index in [1.807, 2.05) is 43.3 Å². The summed E-state index contributed by atoms with van der Waals surface area (Å²) in [7, 11) is 0. The fourth-order valence-corrected chi connectivity index (χ4v) is 4.06. The summed E-state index contributed by atoms with van der Waals surface area (Å²) in [5.41, 5.74) is 3.32. The number of aromatic nitrogens is 4. The van der Waals surface area contributed by atoms with Crippen molar-refractivity contribution in [2.45, 2.75) is 6.92 Å². The third kappa shape index (κ3) is 4.54. The van der Waals surface area contributed by atoms with Crippen LogP contribution in [0.2, 0.25) is 0 Å². The van der Waals surface area contributed by atoms with Gasteiger partial charge < -0.3 is 9.80 Å². The van der Waals surface area contributed by atoms with Crippen LogP contribution in [-0.2, 0) is 0 Å². The molecule has 0 saturated carbocycles. The van der Waals surface area contributed by atoms with E-state index >= 15 is 0 Å². The van der Waals surface area contributed by atoms with Crippen LogP contribution in [0.3, 0.4) is 0 Å². The van der Waals surface area contributed by atoms with Crippen molar-refractivity contribution in [2.75, 3.05) is 36.0 Å². The molecule has 0 bridgehead atoms. The number of benzene rings is 2. The number of rotatable bonds is 5. The Hall–Kier alpha value is -4.40. The van der Waals surface area contributed by atoms with Crippen LogP contribution in [0, 0.1) is 17.0 Å². The molecule has 1 saturated heterocycles. The van der Waals surface area contributed by atoms with Gasteiger partial charge in [0, 0.05) is 55.5 Å². The van der Waals surface area contributed by atoms with Crippen molar-refractivity contribution in [3.63, 3.8) is 0 Å². The summed E-state index contributed by atoms with van der Waals surface area (Å²) in [5, 5.41) is 19.7. The second kappa shape index (κ2) is 9.22. The highest BCUT2D eigenvalue weighted by atomic mass is 16.6. The minimum absolute atomic E-state index is 0.0369. The Bertz CT molecular complexity index is 1300. The first-order chi connectivity index (χ1) is 16.6. The monoisotopic (exact) mass is 453 g/mol. The van der Waals surface area contributed by atoms with Gasteiger partial charge in [-0.2, -0.15) is 0 Å². The van der Waals surface area contributed by atoms with Gasteiger partial charge in [-0.25, -0.2) is 9.97 Å². The Morgan fingerprint density at radius 3 is 2.12 bits per heavy atom. The summed E-state index contributed by atoms with van der Waals surface area (Å²) in [6.07, 6.45) is 0. The van der Waals surface area contributed by atoms with Gasteiger partial charge in [0.2, 0.25) is 0 Å². The topological polar surface area (TPSA) is 101 Å². The lowest BCUT2D eigenvalue weighted by molar-refractivity contribution is -0.384. The van der Waals surface area contributed by atoms with Crippen molar-refractivity contribution in [1.82, 2.24) is 20.2 Å². The Morgan fingerprint density at radius 2 is 1.44 bits per heavy atom. The Labute approximate surface area is 196 Å². The molecule has 1 aliphatic rings. The molecule has 0 radical (unpaired) electrons. The molecule has 0 atom stereocenters. The predicted octanol–water partition coefficient (Wildman–Crippen LogP) is 4.14. The van der Waals surface area contributed by atoms with Crippen LogP contribution < -0.4 is 9.80 Å². The molecule has 9 heteroatoms. The SMILES string of the molecule is Cc1nc(-c2ccccc2)cc(N2CCN(c3ccc(-c4cccc([N+](=O)[O-])c4)nn3)CC2)n1. The molecular formula is C25H23N7O2. The van der Waals surface area contributed by atoms with Crippen molar-refractivity contribution in [3.8, 4) is 22.5 Å². The van der Waals surface area contributed by atoms with E-state index < -0.39 is 4.92 Å². The minimum Gasteiger partial charge on any atom is -0.353 e. The van der Waals surface area contributed by atoms with Crippen LogP contribution in [0.15, 0.2) is 72.8 Å². The van der Waals surface area contributed by atoms with Gasteiger partial charge in [-0.3, -0.25) is 10.1 Å². The van der Waals surface area contributed by atoms with Crippen LogP contribution in [0.1, 0.15) is 5.82 Å². The second-order valence-electron chi connectivity index (χ2n) is 8.08. The third-order valence-corrected chi connectivity index (χ3v) is 5.82. The molecule has 9 nitrogen and oxygen atoms in total. The molecular weight excluding hydrogens is 430 g/mol. The summed E-state index contributed by atoms with van der Waals surface area (Å²) in [6.45, 7) is 5.10. The third-order valence-electron chi connectivity index (χ3n) is 5.82. The molecule has 1 fully saturated rings. The summed E-state index contributed by atoms with van der Waals surface area (Å²) in [6, 6.07) is 22.4. The first kappa shape index (κ1) is 21.4. The standard InChI is InChI=1S/C25H23N7O2/c1-18-26-23(19-6-3-2-4-7-19)17-25(27-18)31-14-12-30(13-15-31)24-11-10-22(28-29-24)20-8-5-9-21(16-20)32(33)34/h2-11,16-17H,12-15H2,1H3. The first-order valence-corrected chi connectivity index (χ1v) is 11.1. The van der Waals surface area contributed by atoms with Crippen LogP contribution >= 0.6 is 0 Å². The molecule has 5 rings (SSSR count). The number of piperazine rings is 1. The Balaban J connectivity index is 1.27. The van der Waals surface area contributed by atoms with E-state index in [1.54, 1.807) is 12.1 Å². The molecule has 2 aromatic carbocycles. The van der Waals surface area contributed by atoms with E-state index in [0.29, 0.717) is 11.3 Å². The van der Waals surface area contributed by atoms with Crippen LogP contribution in [0.4, 0.5) is 17.3 Å². The molecule has 0 amide bonds. The molecule has 170 valence electrons. The summed E-state index contributed by atoms with van der Waals surface area (Å²) in [5.74, 6) is 2.47. The van der Waals surface area contributed by atoms with Gasteiger partial charge >= 0.3 is 0 Å². The summed E-state index contributed by atoms with van der Waals surface area (Å²) < 4.78 is 0. The molecule has 34 heavy (non-hydrogen) atoms. The highest BCUT2D eigenvalue weighted by Crippen LogP contribution is 2.25.